The molecule has 0 aliphatic rings. The van der Waals surface area contributed by atoms with Crippen LogP contribution in [-0.4, -0.2) is 8.42 Å². The number of sulfonamides is 1. The van der Waals surface area contributed by atoms with Crippen LogP contribution in [0.2, 0.25) is 5.02 Å². The standard InChI is InChI=1S/C13H11BrClFN2O2S/c14-9-3-1-2-8(4-9)7-18-21(19,20)12-6-10(17)5-11(15)13(12)16/h1-6,18H,7,17H2. The van der Waals surface area contributed by atoms with E-state index in [9.17, 15) is 12.8 Å². The fourth-order valence-electron chi connectivity index (χ4n) is 1.68. The first kappa shape index (κ1) is 16.2. The first-order valence-electron chi connectivity index (χ1n) is 5.78. The van der Waals surface area contributed by atoms with E-state index in [0.29, 0.717) is 0 Å². The Labute approximate surface area is 135 Å². The van der Waals surface area contributed by atoms with E-state index in [-0.39, 0.29) is 17.3 Å². The molecular weight excluding hydrogens is 383 g/mol. The molecule has 0 aliphatic heterocycles. The summed E-state index contributed by atoms with van der Waals surface area (Å²) in [4.78, 5) is -0.567. The molecule has 21 heavy (non-hydrogen) atoms. The van der Waals surface area contributed by atoms with Crippen molar-refractivity contribution in [2.45, 2.75) is 11.4 Å². The Hall–Kier alpha value is -1.15. The van der Waals surface area contributed by atoms with E-state index in [4.69, 9.17) is 17.3 Å². The van der Waals surface area contributed by atoms with Gasteiger partial charge in [0.25, 0.3) is 0 Å². The van der Waals surface area contributed by atoms with Crippen molar-refractivity contribution >= 4 is 43.2 Å². The predicted octanol–water partition coefficient (Wildman–Crippen LogP) is 3.30. The molecule has 0 amide bonds. The topological polar surface area (TPSA) is 72.2 Å². The van der Waals surface area contributed by atoms with E-state index in [2.05, 4.69) is 20.7 Å². The molecule has 0 saturated heterocycles. The lowest BCUT2D eigenvalue weighted by molar-refractivity contribution is 0.557. The molecule has 0 unspecified atom stereocenters. The lowest BCUT2D eigenvalue weighted by Crippen LogP contribution is -2.24. The number of halogens is 3. The second-order valence-corrected chi connectivity index (χ2v) is 7.33. The highest BCUT2D eigenvalue weighted by atomic mass is 79.9. The smallest absolute Gasteiger partial charge is 0.243 e. The quantitative estimate of drug-likeness (QED) is 0.783. The van der Waals surface area contributed by atoms with Crippen LogP contribution in [0.25, 0.3) is 0 Å². The number of nitrogens with one attached hydrogen (secondary N) is 1. The maximum Gasteiger partial charge on any atom is 0.243 e. The molecule has 3 N–H and O–H groups in total. The Balaban J connectivity index is 2.27. The maximum absolute atomic E-state index is 13.9. The summed E-state index contributed by atoms with van der Waals surface area (Å²) in [6.07, 6.45) is 0. The molecule has 0 aromatic heterocycles. The van der Waals surface area contributed by atoms with Crippen LogP contribution >= 0.6 is 27.5 Å². The van der Waals surface area contributed by atoms with Crippen LogP contribution in [0, 0.1) is 5.82 Å². The molecule has 0 fully saturated rings. The minimum absolute atomic E-state index is 0.0215. The molecule has 8 heteroatoms. The summed E-state index contributed by atoms with van der Waals surface area (Å²) >= 11 is 8.90. The second kappa shape index (κ2) is 6.31. The minimum atomic E-state index is -4.05. The zero-order chi connectivity index (χ0) is 15.6. The number of benzene rings is 2. The zero-order valence-electron chi connectivity index (χ0n) is 10.6. The normalized spacial score (nSPS) is 11.6. The summed E-state index contributed by atoms with van der Waals surface area (Å²) in [6.45, 7) is 0.0215. The third-order valence-electron chi connectivity index (χ3n) is 2.66. The molecule has 2 aromatic rings. The van der Waals surface area contributed by atoms with E-state index < -0.39 is 20.7 Å². The monoisotopic (exact) mass is 392 g/mol. The molecule has 2 rings (SSSR count). The van der Waals surface area contributed by atoms with Crippen molar-refractivity contribution in [3.8, 4) is 0 Å². The Bertz CT molecular complexity index is 784. The summed E-state index contributed by atoms with van der Waals surface area (Å²) in [6, 6.07) is 9.27. The molecule has 0 heterocycles. The third kappa shape index (κ3) is 3.94. The van der Waals surface area contributed by atoms with Gasteiger partial charge in [0.05, 0.1) is 5.02 Å². The molecule has 0 saturated carbocycles. The van der Waals surface area contributed by atoms with Gasteiger partial charge in [0, 0.05) is 16.7 Å². The van der Waals surface area contributed by atoms with Gasteiger partial charge in [0.2, 0.25) is 10.0 Å². The first-order chi connectivity index (χ1) is 9.79. The average molecular weight is 394 g/mol. The summed E-state index contributed by atoms with van der Waals surface area (Å²) in [7, 11) is -4.05. The lowest BCUT2D eigenvalue weighted by atomic mass is 10.2. The highest BCUT2D eigenvalue weighted by molar-refractivity contribution is 9.10. The van der Waals surface area contributed by atoms with Gasteiger partial charge in [0.15, 0.2) is 5.82 Å². The van der Waals surface area contributed by atoms with Crippen LogP contribution in [0.15, 0.2) is 45.8 Å². The van der Waals surface area contributed by atoms with Crippen LogP contribution in [-0.2, 0) is 16.6 Å². The van der Waals surface area contributed by atoms with E-state index in [1.807, 2.05) is 6.07 Å². The number of rotatable bonds is 4. The van der Waals surface area contributed by atoms with Crippen LogP contribution in [0.3, 0.4) is 0 Å². The van der Waals surface area contributed by atoms with Crippen molar-refractivity contribution in [3.63, 3.8) is 0 Å². The van der Waals surface area contributed by atoms with Crippen molar-refractivity contribution in [1.82, 2.24) is 4.72 Å². The molecule has 0 atom stereocenters. The molecular formula is C13H11BrClFN2O2S. The van der Waals surface area contributed by atoms with Crippen molar-refractivity contribution in [1.29, 1.82) is 0 Å². The number of nitrogens with two attached hydrogens (primary N) is 1. The van der Waals surface area contributed by atoms with Gasteiger partial charge in [-0.15, -0.1) is 0 Å². The Kier molecular flexibility index (Phi) is 4.88. The Morgan fingerprint density at radius 1 is 1.29 bits per heavy atom. The van der Waals surface area contributed by atoms with Crippen LogP contribution in [0.5, 0.6) is 0 Å². The number of hydrogen-bond donors (Lipinski definition) is 2. The average Bonchev–Trinajstić information content (AvgIpc) is 2.41. The van der Waals surface area contributed by atoms with Crippen molar-refractivity contribution in [3.05, 3.63) is 57.3 Å². The van der Waals surface area contributed by atoms with Crippen LogP contribution in [0.4, 0.5) is 10.1 Å². The van der Waals surface area contributed by atoms with E-state index >= 15 is 0 Å². The predicted molar refractivity (Wildman–Crippen MR) is 84.0 cm³/mol. The number of hydrogen-bond acceptors (Lipinski definition) is 3. The first-order valence-corrected chi connectivity index (χ1v) is 8.43. The number of anilines is 1. The van der Waals surface area contributed by atoms with Gasteiger partial charge < -0.3 is 5.73 Å². The SMILES string of the molecule is Nc1cc(Cl)c(F)c(S(=O)(=O)NCc2cccc(Br)c2)c1. The van der Waals surface area contributed by atoms with Gasteiger partial charge in [-0.25, -0.2) is 17.5 Å². The van der Waals surface area contributed by atoms with Gasteiger partial charge in [-0.3, -0.25) is 0 Å². The summed E-state index contributed by atoms with van der Waals surface area (Å²) < 4.78 is 41.3. The summed E-state index contributed by atoms with van der Waals surface area (Å²) in [5.74, 6) is -1.02. The Morgan fingerprint density at radius 2 is 2.00 bits per heavy atom. The van der Waals surface area contributed by atoms with Gasteiger partial charge in [-0.05, 0) is 29.8 Å². The van der Waals surface area contributed by atoms with Crippen molar-refractivity contribution in [2.24, 2.45) is 0 Å². The zero-order valence-corrected chi connectivity index (χ0v) is 13.8. The van der Waals surface area contributed by atoms with E-state index in [1.54, 1.807) is 18.2 Å². The highest BCUT2D eigenvalue weighted by Gasteiger charge is 2.21. The van der Waals surface area contributed by atoms with Gasteiger partial charge in [0.1, 0.15) is 4.90 Å². The van der Waals surface area contributed by atoms with Crippen molar-refractivity contribution in [2.75, 3.05) is 5.73 Å². The maximum atomic E-state index is 13.9. The largest absolute Gasteiger partial charge is 0.399 e. The fraction of sp³-hybridized carbons (Fsp3) is 0.0769. The Morgan fingerprint density at radius 3 is 2.67 bits per heavy atom. The third-order valence-corrected chi connectivity index (χ3v) is 4.83. The van der Waals surface area contributed by atoms with E-state index in [0.717, 1.165) is 22.2 Å². The van der Waals surface area contributed by atoms with Gasteiger partial charge >= 0.3 is 0 Å². The van der Waals surface area contributed by atoms with Crippen LogP contribution < -0.4 is 10.5 Å². The number of nitrogen functional groups attached to an aromatic ring is 1. The molecule has 2 aromatic carbocycles. The molecule has 112 valence electrons. The molecule has 4 nitrogen and oxygen atoms in total. The molecule has 0 spiro atoms. The van der Waals surface area contributed by atoms with Gasteiger partial charge in [-0.2, -0.15) is 0 Å². The van der Waals surface area contributed by atoms with Crippen LogP contribution in [0.1, 0.15) is 5.56 Å². The minimum Gasteiger partial charge on any atom is -0.399 e. The van der Waals surface area contributed by atoms with Gasteiger partial charge in [-0.1, -0.05) is 39.7 Å². The lowest BCUT2D eigenvalue weighted by Gasteiger charge is -2.10. The van der Waals surface area contributed by atoms with Crippen molar-refractivity contribution < 1.29 is 12.8 Å². The summed E-state index contributed by atoms with van der Waals surface area (Å²) in [5.41, 5.74) is 6.30. The second-order valence-electron chi connectivity index (χ2n) is 4.27. The van der Waals surface area contributed by atoms with E-state index in [1.165, 1.54) is 0 Å². The highest BCUT2D eigenvalue weighted by Crippen LogP contribution is 2.25. The molecule has 0 bridgehead atoms. The molecule has 0 aliphatic carbocycles. The summed E-state index contributed by atoms with van der Waals surface area (Å²) in [5, 5.41) is -0.335. The molecule has 0 radical (unpaired) electrons. The fourth-order valence-corrected chi connectivity index (χ4v) is 3.56.